The number of nitrogens with one attached hydrogen (secondary N) is 1. The quantitative estimate of drug-likeness (QED) is 0.303. The molecule has 1 heterocycles. The SMILES string of the molecule is CC(C(=O)O)N(C)c1cc(Nc2c3ccccc3nc3ccccc23)cc(OCCC(=O)O)c1. The average molecular weight is 460 g/mol. The largest absolute Gasteiger partial charge is 0.493 e. The lowest BCUT2D eigenvalue weighted by atomic mass is 10.1. The van der Waals surface area contributed by atoms with Gasteiger partial charge in [-0.15, -0.1) is 0 Å². The van der Waals surface area contributed by atoms with Crippen molar-refractivity contribution in [2.45, 2.75) is 19.4 Å². The number of aliphatic carboxylic acids is 2. The zero-order chi connectivity index (χ0) is 24.2. The minimum Gasteiger partial charge on any atom is -0.493 e. The number of aromatic nitrogens is 1. The molecule has 4 rings (SSSR count). The number of hydrogen-bond donors (Lipinski definition) is 3. The van der Waals surface area contributed by atoms with Crippen LogP contribution in [0.2, 0.25) is 0 Å². The summed E-state index contributed by atoms with van der Waals surface area (Å²) in [5.41, 5.74) is 3.84. The summed E-state index contributed by atoms with van der Waals surface area (Å²) in [6.07, 6.45) is -0.145. The maximum Gasteiger partial charge on any atom is 0.326 e. The van der Waals surface area contributed by atoms with Crippen LogP contribution in [0.3, 0.4) is 0 Å². The van der Waals surface area contributed by atoms with Crippen LogP contribution in [0, 0.1) is 0 Å². The van der Waals surface area contributed by atoms with E-state index in [-0.39, 0.29) is 13.0 Å². The van der Waals surface area contributed by atoms with Gasteiger partial charge < -0.3 is 25.2 Å². The number of nitrogens with zero attached hydrogens (tertiary/aromatic N) is 2. The van der Waals surface area contributed by atoms with Gasteiger partial charge in [-0.25, -0.2) is 9.78 Å². The molecule has 3 aromatic carbocycles. The fourth-order valence-electron chi connectivity index (χ4n) is 3.71. The molecule has 34 heavy (non-hydrogen) atoms. The molecule has 174 valence electrons. The topological polar surface area (TPSA) is 112 Å². The first-order valence-corrected chi connectivity index (χ1v) is 10.8. The number of carboxylic acids is 2. The van der Waals surface area contributed by atoms with E-state index in [2.05, 4.69) is 5.32 Å². The van der Waals surface area contributed by atoms with E-state index >= 15 is 0 Å². The van der Waals surface area contributed by atoms with Crippen molar-refractivity contribution in [3.05, 3.63) is 66.7 Å². The standard InChI is InChI=1S/C26H25N3O5/c1-16(26(32)33)29(2)18-13-17(14-19(15-18)34-12-11-24(30)31)27-25-20-7-3-5-9-22(20)28-23-10-6-4-8-21(23)25/h3-10,13-16H,11-12H2,1-2H3,(H,27,28)(H,30,31)(H,32,33). The van der Waals surface area contributed by atoms with Crippen LogP contribution in [0.4, 0.5) is 17.1 Å². The number of likely N-dealkylation sites (N-methyl/N-ethyl adjacent to an activating group) is 1. The second-order valence-corrected chi connectivity index (χ2v) is 7.98. The summed E-state index contributed by atoms with van der Waals surface area (Å²) in [6.45, 7) is 1.59. The zero-order valence-electron chi connectivity index (χ0n) is 18.9. The van der Waals surface area contributed by atoms with Crippen LogP contribution in [0.25, 0.3) is 21.8 Å². The molecule has 0 bridgehead atoms. The fraction of sp³-hybridized carbons (Fsp3) is 0.192. The molecule has 0 spiro atoms. The molecule has 0 fully saturated rings. The number of carboxylic acid groups (broad SMARTS) is 2. The Kier molecular flexibility index (Phi) is 6.49. The molecule has 0 aliphatic rings. The molecule has 8 heteroatoms. The highest BCUT2D eigenvalue weighted by atomic mass is 16.5. The van der Waals surface area contributed by atoms with Gasteiger partial charge in [0.2, 0.25) is 0 Å². The van der Waals surface area contributed by atoms with E-state index in [1.165, 1.54) is 0 Å². The third-order valence-electron chi connectivity index (χ3n) is 5.68. The van der Waals surface area contributed by atoms with Gasteiger partial charge in [-0.3, -0.25) is 4.79 Å². The second kappa shape index (κ2) is 9.66. The molecule has 8 nitrogen and oxygen atoms in total. The molecule has 0 saturated carbocycles. The van der Waals surface area contributed by atoms with Crippen molar-refractivity contribution in [1.29, 1.82) is 0 Å². The molecule has 0 amide bonds. The first-order valence-electron chi connectivity index (χ1n) is 10.8. The molecule has 0 aliphatic heterocycles. The maximum absolute atomic E-state index is 11.6. The van der Waals surface area contributed by atoms with Crippen molar-refractivity contribution in [1.82, 2.24) is 4.98 Å². The van der Waals surface area contributed by atoms with Gasteiger partial charge in [-0.2, -0.15) is 0 Å². The Balaban J connectivity index is 1.80. The number of benzene rings is 3. The first kappa shape index (κ1) is 22.8. The highest BCUT2D eigenvalue weighted by Crippen LogP contribution is 2.35. The first-order chi connectivity index (χ1) is 16.3. The maximum atomic E-state index is 11.6. The van der Waals surface area contributed by atoms with Crippen molar-refractivity contribution >= 4 is 50.8 Å². The Bertz CT molecular complexity index is 1320. The summed E-state index contributed by atoms with van der Waals surface area (Å²) in [4.78, 5) is 28.8. The summed E-state index contributed by atoms with van der Waals surface area (Å²) >= 11 is 0. The Morgan fingerprint density at radius 3 is 2.21 bits per heavy atom. The van der Waals surface area contributed by atoms with Gasteiger partial charge in [0.25, 0.3) is 0 Å². The van der Waals surface area contributed by atoms with Gasteiger partial charge in [0.15, 0.2) is 0 Å². The van der Waals surface area contributed by atoms with Crippen LogP contribution < -0.4 is 15.0 Å². The van der Waals surface area contributed by atoms with E-state index in [1.807, 2.05) is 54.6 Å². The summed E-state index contributed by atoms with van der Waals surface area (Å²) in [6, 6.07) is 20.2. The smallest absolute Gasteiger partial charge is 0.326 e. The zero-order valence-corrected chi connectivity index (χ0v) is 18.9. The van der Waals surface area contributed by atoms with Gasteiger partial charge >= 0.3 is 11.9 Å². The van der Waals surface area contributed by atoms with E-state index in [1.54, 1.807) is 31.0 Å². The molecule has 1 aromatic heterocycles. The van der Waals surface area contributed by atoms with E-state index in [9.17, 15) is 14.7 Å². The summed E-state index contributed by atoms with van der Waals surface area (Å²) in [5, 5.41) is 23.8. The minimum absolute atomic E-state index is 0.00244. The Labute approximate surface area is 196 Å². The Morgan fingerprint density at radius 1 is 1.00 bits per heavy atom. The van der Waals surface area contributed by atoms with Gasteiger partial charge in [0.1, 0.15) is 11.8 Å². The molecule has 3 N–H and O–H groups in total. The van der Waals surface area contributed by atoms with Crippen LogP contribution in [0.5, 0.6) is 5.75 Å². The van der Waals surface area contributed by atoms with Gasteiger partial charge in [-0.05, 0) is 25.1 Å². The normalized spacial score (nSPS) is 11.8. The number of hydrogen-bond acceptors (Lipinski definition) is 6. The number of fused-ring (bicyclic) bond motifs is 2. The number of anilines is 3. The van der Waals surface area contributed by atoms with Crippen LogP contribution in [-0.2, 0) is 9.59 Å². The second-order valence-electron chi connectivity index (χ2n) is 7.98. The lowest BCUT2D eigenvalue weighted by Crippen LogP contribution is -2.35. The number of carbonyl (C=O) groups is 2. The van der Waals surface area contributed by atoms with Gasteiger partial charge in [-0.1, -0.05) is 36.4 Å². The van der Waals surface area contributed by atoms with Crippen molar-refractivity contribution < 1.29 is 24.5 Å². The highest BCUT2D eigenvalue weighted by Gasteiger charge is 2.19. The van der Waals surface area contributed by atoms with E-state index in [0.29, 0.717) is 17.1 Å². The van der Waals surface area contributed by atoms with Crippen molar-refractivity contribution in [2.75, 3.05) is 23.9 Å². The molecule has 1 atom stereocenters. The van der Waals surface area contributed by atoms with Crippen molar-refractivity contribution in [3.8, 4) is 5.75 Å². The predicted molar refractivity (Wildman–Crippen MR) is 132 cm³/mol. The van der Waals surface area contributed by atoms with E-state index in [4.69, 9.17) is 14.8 Å². The van der Waals surface area contributed by atoms with E-state index in [0.717, 1.165) is 27.5 Å². The third kappa shape index (κ3) is 4.85. The molecule has 4 aromatic rings. The number of pyridine rings is 1. The number of para-hydroxylation sites is 2. The van der Waals surface area contributed by atoms with Crippen LogP contribution in [0.15, 0.2) is 66.7 Å². The van der Waals surface area contributed by atoms with Crippen molar-refractivity contribution in [3.63, 3.8) is 0 Å². The van der Waals surface area contributed by atoms with Crippen LogP contribution in [-0.4, -0.2) is 46.8 Å². The van der Waals surface area contributed by atoms with Gasteiger partial charge in [0, 0.05) is 41.3 Å². The Morgan fingerprint density at radius 2 is 1.62 bits per heavy atom. The average Bonchev–Trinajstić information content (AvgIpc) is 2.82. The van der Waals surface area contributed by atoms with Gasteiger partial charge in [0.05, 0.1) is 29.7 Å². The minimum atomic E-state index is -0.958. The molecule has 0 saturated heterocycles. The lowest BCUT2D eigenvalue weighted by Gasteiger charge is -2.25. The fourth-order valence-corrected chi connectivity index (χ4v) is 3.71. The van der Waals surface area contributed by atoms with E-state index < -0.39 is 18.0 Å². The predicted octanol–water partition coefficient (Wildman–Crippen LogP) is 4.89. The highest BCUT2D eigenvalue weighted by molar-refractivity contribution is 6.08. The Hall–Kier alpha value is -4.33. The lowest BCUT2D eigenvalue weighted by molar-refractivity contribution is -0.138. The third-order valence-corrected chi connectivity index (χ3v) is 5.68. The summed E-state index contributed by atoms with van der Waals surface area (Å²) in [5.74, 6) is -1.48. The number of rotatable bonds is 9. The summed E-state index contributed by atoms with van der Waals surface area (Å²) < 4.78 is 5.69. The van der Waals surface area contributed by atoms with Crippen molar-refractivity contribution in [2.24, 2.45) is 0 Å². The van der Waals surface area contributed by atoms with Crippen LogP contribution in [0.1, 0.15) is 13.3 Å². The number of ether oxygens (including phenoxy) is 1. The monoisotopic (exact) mass is 459 g/mol. The molecular formula is C26H25N3O5. The van der Waals surface area contributed by atoms with Crippen LogP contribution >= 0.6 is 0 Å². The molecular weight excluding hydrogens is 434 g/mol. The molecule has 0 aliphatic carbocycles. The molecule has 0 radical (unpaired) electrons. The summed E-state index contributed by atoms with van der Waals surface area (Å²) in [7, 11) is 1.69. The molecule has 1 unspecified atom stereocenters.